The minimum Gasteiger partial charge on any atom is -0.493 e. The standard InChI is InChI=1S/C24H21N3O3S/c1-15-21-23(31-22(15)16-7-3-2-4-8-16)25-14-27(24(21)29)13-20(28)26-18-11-12-30-19-10-6-5-9-17(18)19/h2-10,14,18H,11-13H2,1H3,(H,26,28). The van der Waals surface area contributed by atoms with Crippen LogP contribution in [0.4, 0.5) is 0 Å². The molecule has 0 bridgehead atoms. The van der Waals surface area contributed by atoms with Crippen LogP contribution in [0.2, 0.25) is 0 Å². The second kappa shape index (κ2) is 8.00. The number of amides is 1. The Labute approximate surface area is 183 Å². The highest BCUT2D eigenvalue weighted by atomic mass is 32.1. The van der Waals surface area contributed by atoms with E-state index in [1.54, 1.807) is 0 Å². The molecule has 1 atom stereocenters. The monoisotopic (exact) mass is 431 g/mol. The lowest BCUT2D eigenvalue weighted by atomic mass is 10.0. The highest BCUT2D eigenvalue weighted by Gasteiger charge is 2.23. The average molecular weight is 432 g/mol. The van der Waals surface area contributed by atoms with Crippen LogP contribution in [-0.2, 0) is 11.3 Å². The van der Waals surface area contributed by atoms with Gasteiger partial charge in [0, 0.05) is 16.9 Å². The summed E-state index contributed by atoms with van der Waals surface area (Å²) in [5, 5.41) is 3.62. The SMILES string of the molecule is Cc1c(-c2ccccc2)sc2ncn(CC(=O)NC3CCOc4ccccc43)c(=O)c12. The Hall–Kier alpha value is -3.45. The zero-order valence-electron chi connectivity index (χ0n) is 17.0. The van der Waals surface area contributed by atoms with Crippen LogP contribution >= 0.6 is 11.3 Å². The van der Waals surface area contributed by atoms with Crippen LogP contribution in [0.1, 0.15) is 23.6 Å². The molecule has 2 aromatic heterocycles. The highest BCUT2D eigenvalue weighted by Crippen LogP contribution is 2.35. The van der Waals surface area contributed by atoms with Gasteiger partial charge in [-0.15, -0.1) is 11.3 Å². The first-order chi connectivity index (χ1) is 15.1. The fourth-order valence-corrected chi connectivity index (χ4v) is 5.17. The first-order valence-electron chi connectivity index (χ1n) is 10.2. The third-order valence-electron chi connectivity index (χ3n) is 5.56. The van der Waals surface area contributed by atoms with Crippen molar-refractivity contribution < 1.29 is 9.53 Å². The van der Waals surface area contributed by atoms with Gasteiger partial charge in [0.1, 0.15) is 17.1 Å². The Morgan fingerprint density at radius 2 is 1.97 bits per heavy atom. The molecule has 0 fully saturated rings. The number of fused-ring (bicyclic) bond motifs is 2. The molecule has 4 aromatic rings. The van der Waals surface area contributed by atoms with Gasteiger partial charge < -0.3 is 10.1 Å². The largest absolute Gasteiger partial charge is 0.493 e. The third-order valence-corrected chi connectivity index (χ3v) is 6.81. The number of hydrogen-bond acceptors (Lipinski definition) is 5. The number of benzene rings is 2. The number of carbonyl (C=O) groups is 1. The summed E-state index contributed by atoms with van der Waals surface area (Å²) in [5.74, 6) is 0.572. The van der Waals surface area contributed by atoms with Gasteiger partial charge in [0.05, 0.1) is 24.4 Å². The zero-order valence-corrected chi connectivity index (χ0v) is 17.8. The predicted molar refractivity (Wildman–Crippen MR) is 121 cm³/mol. The molecule has 31 heavy (non-hydrogen) atoms. The number of thiophene rings is 1. The molecule has 5 rings (SSSR count). The van der Waals surface area contributed by atoms with Gasteiger partial charge in [0.15, 0.2) is 0 Å². The Morgan fingerprint density at radius 3 is 2.81 bits per heavy atom. The van der Waals surface area contributed by atoms with Crippen molar-refractivity contribution in [2.45, 2.75) is 25.9 Å². The molecule has 0 saturated carbocycles. The maximum absolute atomic E-state index is 13.1. The van der Waals surface area contributed by atoms with E-state index in [1.165, 1.54) is 22.2 Å². The van der Waals surface area contributed by atoms with Crippen molar-refractivity contribution in [1.82, 2.24) is 14.9 Å². The number of aryl methyl sites for hydroxylation is 1. The van der Waals surface area contributed by atoms with Crippen molar-refractivity contribution >= 4 is 27.5 Å². The summed E-state index contributed by atoms with van der Waals surface area (Å²) in [4.78, 5) is 32.1. The van der Waals surface area contributed by atoms with Gasteiger partial charge in [-0.3, -0.25) is 14.2 Å². The Kier molecular flexibility index (Phi) is 5.03. The Bertz CT molecular complexity index is 1330. The number of nitrogens with one attached hydrogen (secondary N) is 1. The summed E-state index contributed by atoms with van der Waals surface area (Å²) < 4.78 is 7.04. The number of carbonyl (C=O) groups excluding carboxylic acids is 1. The molecule has 1 aliphatic rings. The van der Waals surface area contributed by atoms with E-state index in [9.17, 15) is 9.59 Å². The topological polar surface area (TPSA) is 73.2 Å². The first-order valence-corrected chi connectivity index (χ1v) is 11.0. The molecule has 3 heterocycles. The maximum Gasteiger partial charge on any atom is 0.262 e. The van der Waals surface area contributed by atoms with Crippen molar-refractivity contribution in [3.8, 4) is 16.2 Å². The molecule has 6 nitrogen and oxygen atoms in total. The lowest BCUT2D eigenvalue weighted by Crippen LogP contribution is -2.36. The molecule has 0 aliphatic carbocycles. The van der Waals surface area contributed by atoms with E-state index >= 15 is 0 Å². The molecule has 0 spiro atoms. The third kappa shape index (κ3) is 3.61. The molecule has 0 radical (unpaired) electrons. The van der Waals surface area contributed by atoms with Crippen LogP contribution in [0.25, 0.3) is 20.7 Å². The number of rotatable bonds is 4. The molecule has 1 unspecified atom stereocenters. The van der Waals surface area contributed by atoms with Crippen LogP contribution in [-0.4, -0.2) is 22.1 Å². The van der Waals surface area contributed by atoms with Gasteiger partial charge in [-0.2, -0.15) is 0 Å². The van der Waals surface area contributed by atoms with Crippen LogP contribution in [0.15, 0.2) is 65.7 Å². The van der Waals surface area contributed by atoms with Gasteiger partial charge in [0.25, 0.3) is 5.56 Å². The van der Waals surface area contributed by atoms with Crippen LogP contribution in [0.3, 0.4) is 0 Å². The second-order valence-corrected chi connectivity index (χ2v) is 8.57. The molecule has 1 aliphatic heterocycles. The van der Waals surface area contributed by atoms with Crippen molar-refractivity contribution in [1.29, 1.82) is 0 Å². The molecule has 0 saturated heterocycles. The zero-order chi connectivity index (χ0) is 21.4. The molecule has 156 valence electrons. The minimum atomic E-state index is -0.221. The summed E-state index contributed by atoms with van der Waals surface area (Å²) in [5.41, 5.74) is 2.73. The fourth-order valence-electron chi connectivity index (χ4n) is 4.02. The Balaban J connectivity index is 1.41. The summed E-state index contributed by atoms with van der Waals surface area (Å²) in [6, 6.07) is 17.5. The van der Waals surface area contributed by atoms with Crippen LogP contribution < -0.4 is 15.6 Å². The van der Waals surface area contributed by atoms with E-state index in [-0.39, 0.29) is 24.1 Å². The van der Waals surface area contributed by atoms with Gasteiger partial charge in [-0.1, -0.05) is 48.5 Å². The minimum absolute atomic E-state index is 0.0722. The summed E-state index contributed by atoms with van der Waals surface area (Å²) in [7, 11) is 0. The van der Waals surface area contributed by atoms with E-state index in [0.29, 0.717) is 23.2 Å². The van der Waals surface area contributed by atoms with Crippen molar-refractivity contribution in [2.24, 2.45) is 0 Å². The van der Waals surface area contributed by atoms with Gasteiger partial charge in [-0.25, -0.2) is 4.98 Å². The lowest BCUT2D eigenvalue weighted by molar-refractivity contribution is -0.122. The van der Waals surface area contributed by atoms with Gasteiger partial charge in [-0.05, 0) is 24.1 Å². The van der Waals surface area contributed by atoms with E-state index in [1.807, 2.05) is 61.5 Å². The number of ether oxygens (including phenoxy) is 1. The number of aromatic nitrogens is 2. The Morgan fingerprint density at radius 1 is 1.19 bits per heavy atom. The average Bonchev–Trinajstić information content (AvgIpc) is 3.13. The van der Waals surface area contributed by atoms with Crippen molar-refractivity contribution in [2.75, 3.05) is 6.61 Å². The fraction of sp³-hybridized carbons (Fsp3) is 0.208. The van der Waals surface area contributed by atoms with E-state index in [2.05, 4.69) is 10.3 Å². The highest BCUT2D eigenvalue weighted by molar-refractivity contribution is 7.22. The number of nitrogens with zero attached hydrogens (tertiary/aromatic N) is 2. The number of hydrogen-bond donors (Lipinski definition) is 1. The molecule has 7 heteroatoms. The van der Waals surface area contributed by atoms with Crippen LogP contribution in [0, 0.1) is 6.92 Å². The number of para-hydroxylation sites is 1. The van der Waals surface area contributed by atoms with E-state index in [0.717, 1.165) is 27.3 Å². The molecule has 2 aromatic carbocycles. The van der Waals surface area contributed by atoms with Crippen molar-refractivity contribution in [3.63, 3.8) is 0 Å². The van der Waals surface area contributed by atoms with Gasteiger partial charge >= 0.3 is 0 Å². The summed E-state index contributed by atoms with van der Waals surface area (Å²) in [6.45, 7) is 2.41. The lowest BCUT2D eigenvalue weighted by Gasteiger charge is -2.26. The van der Waals surface area contributed by atoms with E-state index < -0.39 is 0 Å². The summed E-state index contributed by atoms with van der Waals surface area (Å²) >= 11 is 1.50. The predicted octanol–water partition coefficient (Wildman–Crippen LogP) is 4.07. The van der Waals surface area contributed by atoms with Gasteiger partial charge in [0.2, 0.25) is 5.91 Å². The quantitative estimate of drug-likeness (QED) is 0.529. The molecule has 1 N–H and O–H groups in total. The maximum atomic E-state index is 13.1. The normalized spacial score (nSPS) is 15.3. The van der Waals surface area contributed by atoms with Crippen LogP contribution in [0.5, 0.6) is 5.75 Å². The van der Waals surface area contributed by atoms with Crippen molar-refractivity contribution in [3.05, 3.63) is 82.4 Å². The van der Waals surface area contributed by atoms with E-state index in [4.69, 9.17) is 4.74 Å². The molecule has 1 amide bonds. The second-order valence-electron chi connectivity index (χ2n) is 7.58. The summed E-state index contributed by atoms with van der Waals surface area (Å²) in [6.07, 6.45) is 2.16. The molecular weight excluding hydrogens is 410 g/mol. The molecular formula is C24H21N3O3S. The first kappa shape index (κ1) is 19.5. The smallest absolute Gasteiger partial charge is 0.262 e.